The Kier molecular flexibility index (Phi) is 3.62. The zero-order valence-corrected chi connectivity index (χ0v) is 9.76. The fourth-order valence-electron chi connectivity index (χ4n) is 1.58. The Morgan fingerprint density at radius 2 is 2.00 bits per heavy atom. The maximum absolute atomic E-state index is 4.65. The average molecular weight is 217 g/mol. The summed E-state index contributed by atoms with van der Waals surface area (Å²) in [6.45, 7) is 2.09. The molecule has 0 fully saturated rings. The molecule has 0 amide bonds. The van der Waals surface area contributed by atoms with Gasteiger partial charge in [0.1, 0.15) is 0 Å². The van der Waals surface area contributed by atoms with E-state index in [9.17, 15) is 0 Å². The van der Waals surface area contributed by atoms with Crippen molar-refractivity contribution in [1.29, 1.82) is 0 Å². The van der Waals surface area contributed by atoms with Gasteiger partial charge in [-0.2, -0.15) is 0 Å². The number of hydrogen-bond acceptors (Lipinski definition) is 2. The second-order valence-electron chi connectivity index (χ2n) is 3.58. The second-order valence-corrected chi connectivity index (χ2v) is 4.86. The summed E-state index contributed by atoms with van der Waals surface area (Å²) >= 11 is 1.86. The van der Waals surface area contributed by atoms with E-state index in [4.69, 9.17) is 0 Å². The molecule has 1 nitrogen and oxygen atoms in total. The Hall–Kier alpha value is -1.02. The molecule has 1 aliphatic rings. The van der Waals surface area contributed by atoms with Crippen LogP contribution in [0.4, 0.5) is 0 Å². The van der Waals surface area contributed by atoms with E-state index in [0.717, 1.165) is 12.1 Å². The number of allylic oxidation sites excluding steroid dienone is 1. The summed E-state index contributed by atoms with van der Waals surface area (Å²) in [5.74, 6) is 1.19. The first-order chi connectivity index (χ1) is 7.36. The van der Waals surface area contributed by atoms with Gasteiger partial charge in [0.05, 0.1) is 10.7 Å². The van der Waals surface area contributed by atoms with E-state index < -0.39 is 0 Å². The average Bonchev–Trinajstić information content (AvgIpc) is 2.24. The molecule has 0 aliphatic carbocycles. The zero-order valence-electron chi connectivity index (χ0n) is 8.94. The van der Waals surface area contributed by atoms with Crippen molar-refractivity contribution in [2.75, 3.05) is 5.75 Å². The van der Waals surface area contributed by atoms with Gasteiger partial charge in [0.25, 0.3) is 0 Å². The highest BCUT2D eigenvalue weighted by molar-refractivity contribution is 8.13. The number of benzene rings is 1. The molecule has 1 aromatic rings. The van der Waals surface area contributed by atoms with Crippen LogP contribution >= 0.6 is 11.8 Å². The molecule has 0 saturated heterocycles. The molecule has 78 valence electrons. The molecule has 0 atom stereocenters. The van der Waals surface area contributed by atoms with Crippen molar-refractivity contribution < 1.29 is 0 Å². The predicted molar refractivity (Wildman–Crippen MR) is 69.2 cm³/mol. The fraction of sp³-hybridized carbons (Fsp3) is 0.308. The number of aliphatic imine (C=N–C) groups is 1. The van der Waals surface area contributed by atoms with Crippen molar-refractivity contribution in [3.8, 4) is 0 Å². The van der Waals surface area contributed by atoms with Gasteiger partial charge in [-0.05, 0) is 31.1 Å². The molecule has 0 N–H and O–H groups in total. The van der Waals surface area contributed by atoms with Gasteiger partial charge in [0, 0.05) is 0 Å². The van der Waals surface area contributed by atoms with E-state index in [1.54, 1.807) is 0 Å². The second kappa shape index (κ2) is 5.17. The Bertz CT molecular complexity index is 379. The van der Waals surface area contributed by atoms with Gasteiger partial charge >= 0.3 is 0 Å². The summed E-state index contributed by atoms with van der Waals surface area (Å²) in [5.41, 5.74) is 2.35. The van der Waals surface area contributed by atoms with Crippen LogP contribution in [-0.4, -0.2) is 10.8 Å². The highest BCUT2D eigenvalue weighted by Gasteiger charge is 2.03. The lowest BCUT2D eigenvalue weighted by Crippen LogP contribution is -1.93. The predicted octanol–water partition coefficient (Wildman–Crippen LogP) is 3.97. The maximum Gasteiger partial charge on any atom is 0.0707 e. The summed E-state index contributed by atoms with van der Waals surface area (Å²) in [4.78, 5) is 4.65. The van der Waals surface area contributed by atoms with Gasteiger partial charge in [-0.15, -0.1) is 11.8 Å². The van der Waals surface area contributed by atoms with Gasteiger partial charge in [-0.3, -0.25) is 0 Å². The molecule has 0 spiro atoms. The Labute approximate surface area is 95.3 Å². The van der Waals surface area contributed by atoms with Crippen LogP contribution in [0.15, 0.2) is 41.4 Å². The first-order valence-electron chi connectivity index (χ1n) is 5.30. The van der Waals surface area contributed by atoms with Crippen LogP contribution < -0.4 is 0 Å². The van der Waals surface area contributed by atoms with Crippen LogP contribution in [0.3, 0.4) is 0 Å². The van der Waals surface area contributed by atoms with Crippen molar-refractivity contribution in [2.45, 2.75) is 19.8 Å². The van der Waals surface area contributed by atoms with Crippen molar-refractivity contribution in [1.82, 2.24) is 0 Å². The highest BCUT2D eigenvalue weighted by atomic mass is 32.2. The topological polar surface area (TPSA) is 12.4 Å². The third-order valence-electron chi connectivity index (χ3n) is 2.34. The highest BCUT2D eigenvalue weighted by Crippen LogP contribution is 2.22. The van der Waals surface area contributed by atoms with E-state index in [1.807, 2.05) is 17.8 Å². The van der Waals surface area contributed by atoms with E-state index in [-0.39, 0.29) is 0 Å². The quantitative estimate of drug-likeness (QED) is 0.693. The fourth-order valence-corrected chi connectivity index (χ4v) is 2.35. The molecule has 2 heteroatoms. The lowest BCUT2D eigenvalue weighted by molar-refractivity contribution is 0.971. The smallest absolute Gasteiger partial charge is 0.0707 e. The van der Waals surface area contributed by atoms with E-state index in [1.165, 1.54) is 22.8 Å². The third-order valence-corrected chi connectivity index (χ3v) is 3.35. The van der Waals surface area contributed by atoms with Crippen LogP contribution in [-0.2, 0) is 0 Å². The van der Waals surface area contributed by atoms with Gasteiger partial charge in [0.2, 0.25) is 0 Å². The summed E-state index contributed by atoms with van der Waals surface area (Å²) in [6.07, 6.45) is 4.63. The minimum Gasteiger partial charge on any atom is -0.247 e. The summed E-state index contributed by atoms with van der Waals surface area (Å²) < 4.78 is 0. The van der Waals surface area contributed by atoms with Crippen molar-refractivity contribution in [3.63, 3.8) is 0 Å². The molecule has 15 heavy (non-hydrogen) atoms. The zero-order chi connectivity index (χ0) is 10.5. The molecular formula is C13H15NS. The Balaban J connectivity index is 2.30. The molecule has 1 heterocycles. The molecule has 0 radical (unpaired) electrons. The number of rotatable bonds is 1. The molecule has 0 aromatic heterocycles. The van der Waals surface area contributed by atoms with Gasteiger partial charge in [-0.1, -0.05) is 36.4 Å². The van der Waals surface area contributed by atoms with Crippen molar-refractivity contribution in [2.24, 2.45) is 4.99 Å². The van der Waals surface area contributed by atoms with Gasteiger partial charge in [0.15, 0.2) is 0 Å². The molecule has 0 unspecified atom stereocenters. The van der Waals surface area contributed by atoms with Crippen LogP contribution in [0.5, 0.6) is 0 Å². The van der Waals surface area contributed by atoms with Gasteiger partial charge < -0.3 is 0 Å². The van der Waals surface area contributed by atoms with Gasteiger partial charge in [-0.25, -0.2) is 4.99 Å². The van der Waals surface area contributed by atoms with Crippen molar-refractivity contribution in [3.05, 3.63) is 42.0 Å². The summed E-state index contributed by atoms with van der Waals surface area (Å²) in [5, 5.41) is 1.17. The lowest BCUT2D eigenvalue weighted by Gasteiger charge is -2.08. The number of thioether (sulfide) groups is 1. The SMILES string of the molecule is CC1=N/C(c2ccccc2)=C/CCCS1. The van der Waals surface area contributed by atoms with E-state index in [0.29, 0.717) is 0 Å². The molecule has 2 rings (SSSR count). The molecule has 0 saturated carbocycles. The maximum atomic E-state index is 4.65. The molecule has 1 aromatic carbocycles. The minimum atomic E-state index is 1.13. The minimum absolute atomic E-state index is 1.13. The lowest BCUT2D eigenvalue weighted by atomic mass is 10.1. The normalized spacial score (nSPS) is 20.9. The third kappa shape index (κ3) is 2.96. The largest absolute Gasteiger partial charge is 0.247 e. The molecule has 1 aliphatic heterocycles. The van der Waals surface area contributed by atoms with Crippen LogP contribution in [0.25, 0.3) is 5.70 Å². The Morgan fingerprint density at radius 3 is 2.80 bits per heavy atom. The monoisotopic (exact) mass is 217 g/mol. The van der Waals surface area contributed by atoms with Crippen LogP contribution in [0, 0.1) is 0 Å². The number of hydrogen-bond donors (Lipinski definition) is 0. The number of nitrogens with zero attached hydrogens (tertiary/aromatic N) is 1. The standard InChI is InChI=1S/C13H15NS/c1-11-14-13(9-5-6-10-15-11)12-7-3-2-4-8-12/h2-4,7-9H,5-6,10H2,1H3/b13-9+,14-11?. The van der Waals surface area contributed by atoms with Crippen LogP contribution in [0.1, 0.15) is 25.3 Å². The first kappa shape index (κ1) is 10.5. The van der Waals surface area contributed by atoms with E-state index >= 15 is 0 Å². The summed E-state index contributed by atoms with van der Waals surface area (Å²) in [7, 11) is 0. The van der Waals surface area contributed by atoms with E-state index in [2.05, 4.69) is 42.3 Å². The Morgan fingerprint density at radius 1 is 1.20 bits per heavy atom. The summed E-state index contributed by atoms with van der Waals surface area (Å²) in [6, 6.07) is 10.4. The first-order valence-corrected chi connectivity index (χ1v) is 6.28. The van der Waals surface area contributed by atoms with Crippen LogP contribution in [0.2, 0.25) is 0 Å². The molecule has 0 bridgehead atoms. The molecular weight excluding hydrogens is 202 g/mol. The van der Waals surface area contributed by atoms with Crippen molar-refractivity contribution >= 4 is 22.5 Å².